The molecule has 0 atom stereocenters. The van der Waals surface area contributed by atoms with Crippen LogP contribution in [0.5, 0.6) is 5.75 Å². The molecule has 2 aromatic carbocycles. The number of fused-ring (bicyclic) bond motifs is 2. The van der Waals surface area contributed by atoms with E-state index < -0.39 is 0 Å². The smallest absolute Gasteiger partial charge is 0.117 e. The van der Waals surface area contributed by atoms with E-state index in [9.17, 15) is 5.11 Å². The van der Waals surface area contributed by atoms with Gasteiger partial charge in [-0.05, 0) is 30.3 Å². The van der Waals surface area contributed by atoms with Crippen LogP contribution in [0.25, 0.3) is 21.8 Å². The van der Waals surface area contributed by atoms with Gasteiger partial charge in [-0.3, -0.25) is 0 Å². The minimum absolute atomic E-state index is 0.245. The minimum Gasteiger partial charge on any atom is -0.508 e. The number of aromatic hydroxyl groups is 1. The second kappa shape index (κ2) is 3.46. The van der Waals surface area contributed by atoms with Crippen molar-refractivity contribution in [3.63, 3.8) is 0 Å². The lowest BCUT2D eigenvalue weighted by Crippen LogP contribution is -1.82. The maximum atomic E-state index is 9.41. The zero-order valence-corrected chi connectivity index (χ0v) is 9.90. The number of pyridine rings is 1. The van der Waals surface area contributed by atoms with Crippen molar-refractivity contribution in [2.24, 2.45) is 0 Å². The Balaban J connectivity index is 2.44. The highest BCUT2D eigenvalue weighted by molar-refractivity contribution is 9.10. The number of benzene rings is 2. The highest BCUT2D eigenvalue weighted by Crippen LogP contribution is 2.24. The van der Waals surface area contributed by atoms with Gasteiger partial charge in [0.2, 0.25) is 0 Å². The van der Waals surface area contributed by atoms with Crippen LogP contribution in [0, 0.1) is 0 Å². The lowest BCUT2D eigenvalue weighted by molar-refractivity contribution is 0.476. The second-order valence-corrected chi connectivity index (χ2v) is 4.62. The summed E-state index contributed by atoms with van der Waals surface area (Å²) in [6.07, 6.45) is 0. The van der Waals surface area contributed by atoms with Gasteiger partial charge in [0.05, 0.1) is 11.0 Å². The van der Waals surface area contributed by atoms with Gasteiger partial charge in [0.1, 0.15) is 5.75 Å². The van der Waals surface area contributed by atoms with E-state index in [2.05, 4.69) is 27.0 Å². The molecule has 0 aliphatic carbocycles. The van der Waals surface area contributed by atoms with Crippen LogP contribution in [0.2, 0.25) is 0 Å². The summed E-state index contributed by atoms with van der Waals surface area (Å²) in [5.74, 6) is 0.245. The third-order valence-corrected chi connectivity index (χ3v) is 3.05. The predicted octanol–water partition coefficient (Wildman–Crippen LogP) is 3.86. The van der Waals surface area contributed by atoms with Crippen molar-refractivity contribution < 1.29 is 5.11 Å². The first-order valence-electron chi connectivity index (χ1n) is 4.91. The van der Waals surface area contributed by atoms with Crippen molar-refractivity contribution in [1.82, 2.24) is 4.98 Å². The molecule has 16 heavy (non-hydrogen) atoms. The third-order valence-electron chi connectivity index (χ3n) is 2.56. The largest absolute Gasteiger partial charge is 0.508 e. The fourth-order valence-electron chi connectivity index (χ4n) is 1.78. The fourth-order valence-corrected chi connectivity index (χ4v) is 2.13. The summed E-state index contributed by atoms with van der Waals surface area (Å²) >= 11 is 3.42. The van der Waals surface area contributed by atoms with Gasteiger partial charge in [0.15, 0.2) is 0 Å². The summed E-state index contributed by atoms with van der Waals surface area (Å²) in [4.78, 5) is 4.51. The molecule has 3 aromatic rings. The standard InChI is InChI=1S/C13H8BrNO/c14-10-3-1-8-5-9-2-4-11(16)7-13(9)15-12(8)6-10/h1-7,16H. The van der Waals surface area contributed by atoms with Crippen LogP contribution in [0.15, 0.2) is 46.9 Å². The summed E-state index contributed by atoms with van der Waals surface area (Å²) in [6.45, 7) is 0. The van der Waals surface area contributed by atoms with E-state index in [-0.39, 0.29) is 5.75 Å². The lowest BCUT2D eigenvalue weighted by Gasteiger charge is -2.02. The van der Waals surface area contributed by atoms with E-state index >= 15 is 0 Å². The van der Waals surface area contributed by atoms with Gasteiger partial charge in [0.25, 0.3) is 0 Å². The SMILES string of the molecule is Oc1ccc2cc3ccc(Br)cc3nc2c1. The average Bonchev–Trinajstić information content (AvgIpc) is 2.26. The van der Waals surface area contributed by atoms with Gasteiger partial charge in [-0.1, -0.05) is 22.0 Å². The number of aromatic nitrogens is 1. The Kier molecular flexibility index (Phi) is 2.07. The van der Waals surface area contributed by atoms with Crippen LogP contribution in [0.1, 0.15) is 0 Å². The molecule has 1 N–H and O–H groups in total. The van der Waals surface area contributed by atoms with E-state index in [1.54, 1.807) is 12.1 Å². The molecule has 2 nitrogen and oxygen atoms in total. The Morgan fingerprint density at radius 3 is 2.38 bits per heavy atom. The van der Waals surface area contributed by atoms with Crippen molar-refractivity contribution >= 4 is 37.7 Å². The van der Waals surface area contributed by atoms with Crippen LogP contribution in [-0.2, 0) is 0 Å². The molecule has 1 aromatic heterocycles. The maximum Gasteiger partial charge on any atom is 0.117 e. The van der Waals surface area contributed by atoms with E-state index in [1.807, 2.05) is 24.3 Å². The van der Waals surface area contributed by atoms with Crippen LogP contribution >= 0.6 is 15.9 Å². The van der Waals surface area contributed by atoms with Crippen molar-refractivity contribution in [2.45, 2.75) is 0 Å². The summed E-state index contributed by atoms with van der Waals surface area (Å²) in [5.41, 5.74) is 1.73. The van der Waals surface area contributed by atoms with Crippen molar-refractivity contribution in [2.75, 3.05) is 0 Å². The Morgan fingerprint density at radius 2 is 1.56 bits per heavy atom. The van der Waals surface area contributed by atoms with E-state index in [1.165, 1.54) is 0 Å². The molecule has 3 heteroatoms. The molecule has 0 aliphatic rings. The number of phenolic OH excluding ortho intramolecular Hbond substituents is 1. The van der Waals surface area contributed by atoms with E-state index in [0.29, 0.717) is 0 Å². The summed E-state index contributed by atoms with van der Waals surface area (Å²) in [6, 6.07) is 13.3. The Morgan fingerprint density at radius 1 is 0.875 bits per heavy atom. The highest BCUT2D eigenvalue weighted by Gasteiger charge is 2.01. The van der Waals surface area contributed by atoms with Gasteiger partial charge < -0.3 is 5.11 Å². The first-order chi connectivity index (χ1) is 7.72. The minimum atomic E-state index is 0.245. The van der Waals surface area contributed by atoms with Gasteiger partial charge in [0, 0.05) is 21.3 Å². The summed E-state index contributed by atoms with van der Waals surface area (Å²) in [5, 5.41) is 11.5. The molecular formula is C13H8BrNO. The lowest BCUT2D eigenvalue weighted by atomic mass is 10.1. The molecule has 0 spiro atoms. The van der Waals surface area contributed by atoms with Gasteiger partial charge in [-0.2, -0.15) is 0 Å². The number of phenols is 1. The molecule has 0 unspecified atom stereocenters. The summed E-state index contributed by atoms with van der Waals surface area (Å²) < 4.78 is 1.01. The molecule has 3 rings (SSSR count). The molecule has 78 valence electrons. The zero-order valence-electron chi connectivity index (χ0n) is 8.31. The Labute approximate surface area is 101 Å². The third kappa shape index (κ3) is 1.53. The molecule has 0 bridgehead atoms. The molecule has 0 amide bonds. The topological polar surface area (TPSA) is 33.1 Å². The van der Waals surface area contributed by atoms with E-state index in [4.69, 9.17) is 0 Å². The molecule has 0 fully saturated rings. The number of nitrogens with zero attached hydrogens (tertiary/aromatic N) is 1. The molecular weight excluding hydrogens is 266 g/mol. The van der Waals surface area contributed by atoms with Crippen LogP contribution < -0.4 is 0 Å². The average molecular weight is 274 g/mol. The maximum absolute atomic E-state index is 9.41. The Bertz CT molecular complexity index is 637. The first-order valence-corrected chi connectivity index (χ1v) is 5.71. The molecule has 0 aliphatic heterocycles. The summed E-state index contributed by atoms with van der Waals surface area (Å²) in [7, 11) is 0. The van der Waals surface area contributed by atoms with Gasteiger partial charge in [-0.15, -0.1) is 0 Å². The number of hydrogen-bond acceptors (Lipinski definition) is 2. The monoisotopic (exact) mass is 273 g/mol. The van der Waals surface area contributed by atoms with Crippen molar-refractivity contribution in [1.29, 1.82) is 0 Å². The number of hydrogen-bond donors (Lipinski definition) is 1. The normalized spacial score (nSPS) is 11.1. The zero-order chi connectivity index (χ0) is 11.1. The number of halogens is 1. The van der Waals surface area contributed by atoms with Gasteiger partial charge in [-0.25, -0.2) is 4.98 Å². The van der Waals surface area contributed by atoms with E-state index in [0.717, 1.165) is 26.3 Å². The van der Waals surface area contributed by atoms with Crippen LogP contribution in [0.3, 0.4) is 0 Å². The fraction of sp³-hybridized carbons (Fsp3) is 0. The number of rotatable bonds is 0. The highest BCUT2D eigenvalue weighted by atomic mass is 79.9. The second-order valence-electron chi connectivity index (χ2n) is 3.70. The van der Waals surface area contributed by atoms with Crippen LogP contribution in [0.4, 0.5) is 0 Å². The van der Waals surface area contributed by atoms with Gasteiger partial charge >= 0.3 is 0 Å². The molecule has 1 heterocycles. The molecule has 0 saturated carbocycles. The van der Waals surface area contributed by atoms with Crippen LogP contribution in [-0.4, -0.2) is 10.1 Å². The molecule has 0 saturated heterocycles. The van der Waals surface area contributed by atoms with Crippen molar-refractivity contribution in [3.05, 3.63) is 46.9 Å². The Hall–Kier alpha value is -1.61. The van der Waals surface area contributed by atoms with Crippen molar-refractivity contribution in [3.8, 4) is 5.75 Å². The first kappa shape index (κ1) is 9.60. The molecule has 0 radical (unpaired) electrons. The quantitative estimate of drug-likeness (QED) is 0.631. The predicted molar refractivity (Wildman–Crippen MR) is 68.6 cm³/mol.